The van der Waals surface area contributed by atoms with Crippen LogP contribution in [0.25, 0.3) is 22.2 Å². The fraction of sp³-hybridized carbons (Fsp3) is 0.243. The average Bonchev–Trinajstić information content (AvgIpc) is 3.09. The number of Topliss-reactive ketones (excluding diaryl/α,β-unsaturated/α-hetero) is 1. The Kier molecular flexibility index (Phi) is 10.9. The number of hydrogen-bond acceptors (Lipinski definition) is 10. The van der Waals surface area contributed by atoms with Crippen LogP contribution in [0.2, 0.25) is 0 Å². The van der Waals surface area contributed by atoms with Gasteiger partial charge in [-0.3, -0.25) is 9.78 Å². The molecule has 0 aliphatic carbocycles. The van der Waals surface area contributed by atoms with Crippen molar-refractivity contribution < 1.29 is 31.5 Å². The van der Waals surface area contributed by atoms with Crippen LogP contribution in [0.3, 0.4) is 0 Å². The maximum Gasteiger partial charge on any atom is 0.176 e. The number of morpholine rings is 1. The van der Waals surface area contributed by atoms with Crippen molar-refractivity contribution in [3.8, 4) is 11.3 Å². The molecule has 1 fully saturated rings. The van der Waals surface area contributed by atoms with Crippen molar-refractivity contribution in [1.82, 2.24) is 9.97 Å². The number of nitrogens with zero attached hydrogens (tertiary/aromatic N) is 3. The Morgan fingerprint density at radius 3 is 2.55 bits per heavy atom. The molecule has 0 radical (unpaired) electrons. The van der Waals surface area contributed by atoms with E-state index < -0.39 is 33.2 Å². The lowest BCUT2D eigenvalue weighted by atomic mass is 9.91. The molecule has 51 heavy (non-hydrogen) atoms. The second-order valence-corrected chi connectivity index (χ2v) is 15.8. The first-order valence-electron chi connectivity index (χ1n) is 15.9. The van der Waals surface area contributed by atoms with E-state index in [-0.39, 0.29) is 39.2 Å². The molecule has 3 aromatic carbocycles. The number of benzene rings is 3. The van der Waals surface area contributed by atoms with Crippen LogP contribution in [0.5, 0.6) is 0 Å². The number of ketones is 1. The molecule has 1 atom stereocenters. The van der Waals surface area contributed by atoms with Crippen LogP contribution in [-0.4, -0.2) is 69.3 Å². The topological polar surface area (TPSA) is 119 Å². The molecule has 0 spiro atoms. The number of aldehydes is 1. The maximum atomic E-state index is 15.6. The number of halogens is 3. The molecule has 1 aliphatic rings. The first-order chi connectivity index (χ1) is 24.4. The van der Waals surface area contributed by atoms with Crippen molar-refractivity contribution in [1.29, 1.82) is 0 Å². The van der Waals surface area contributed by atoms with Gasteiger partial charge in [-0.15, -0.1) is 11.8 Å². The van der Waals surface area contributed by atoms with Gasteiger partial charge in [-0.05, 0) is 76.1 Å². The van der Waals surface area contributed by atoms with E-state index in [2.05, 4.69) is 36.1 Å². The zero-order valence-corrected chi connectivity index (χ0v) is 31.1. The molecule has 2 aromatic heterocycles. The van der Waals surface area contributed by atoms with Gasteiger partial charge in [-0.2, -0.15) is 0 Å². The van der Waals surface area contributed by atoms with Gasteiger partial charge >= 0.3 is 0 Å². The number of hydrogen-bond donors (Lipinski definition) is 1. The zero-order chi connectivity index (χ0) is 36.4. The van der Waals surface area contributed by atoms with Crippen LogP contribution in [0.1, 0.15) is 22.6 Å². The van der Waals surface area contributed by atoms with Gasteiger partial charge in [0, 0.05) is 52.8 Å². The van der Waals surface area contributed by atoms with Crippen molar-refractivity contribution in [3.63, 3.8) is 0 Å². The summed E-state index contributed by atoms with van der Waals surface area (Å²) in [6.45, 7) is 4.14. The molecule has 1 unspecified atom stereocenters. The van der Waals surface area contributed by atoms with Crippen LogP contribution in [0, 0.1) is 18.6 Å². The minimum absolute atomic E-state index is 0.00846. The molecule has 0 bridgehead atoms. The third-order valence-electron chi connectivity index (χ3n) is 8.71. The van der Waals surface area contributed by atoms with Gasteiger partial charge in [-0.1, -0.05) is 12.1 Å². The summed E-state index contributed by atoms with van der Waals surface area (Å²) < 4.78 is 62.7. The van der Waals surface area contributed by atoms with E-state index in [4.69, 9.17) is 4.74 Å². The standard InChI is InChI=1S/C37H33BrF2N4O5S2/c1-21-36(27-12-22(4-7-34(27)51(3,47)48)13-32(46)28(20-45)23-5-6-33(50-2)29(38)14-23)43-31-16-24(39)15-30(40)35(31)37(21)42-25-17-26(19-41-18-25)44-8-10-49-11-9-44/h4-7,12,14-20,28H,8-11,13H2,1-3H3,(H,42,43). The highest BCUT2D eigenvalue weighted by Gasteiger charge is 2.26. The number of fused-ring (bicyclic) bond motifs is 1. The minimum atomic E-state index is -3.86. The third-order valence-corrected chi connectivity index (χ3v) is 11.6. The predicted molar refractivity (Wildman–Crippen MR) is 199 cm³/mol. The van der Waals surface area contributed by atoms with Crippen LogP contribution >= 0.6 is 27.7 Å². The lowest BCUT2D eigenvalue weighted by Gasteiger charge is -2.28. The smallest absolute Gasteiger partial charge is 0.176 e. The third kappa shape index (κ3) is 7.83. The number of nitrogens with one attached hydrogen (secondary N) is 1. The highest BCUT2D eigenvalue weighted by Crippen LogP contribution is 2.40. The number of rotatable bonds is 11. The van der Waals surface area contributed by atoms with Gasteiger partial charge in [0.1, 0.15) is 17.9 Å². The van der Waals surface area contributed by atoms with Crippen LogP contribution < -0.4 is 10.2 Å². The first-order valence-corrected chi connectivity index (χ1v) is 19.8. The monoisotopic (exact) mass is 794 g/mol. The Hall–Kier alpha value is -4.24. The zero-order valence-electron chi connectivity index (χ0n) is 27.9. The summed E-state index contributed by atoms with van der Waals surface area (Å²) in [6.07, 6.45) is 6.65. The van der Waals surface area contributed by atoms with Gasteiger partial charge in [0.25, 0.3) is 0 Å². The largest absolute Gasteiger partial charge is 0.378 e. The van der Waals surface area contributed by atoms with Crippen LogP contribution in [0.15, 0.2) is 81.3 Å². The van der Waals surface area contributed by atoms with Crippen molar-refractivity contribution in [2.45, 2.75) is 29.1 Å². The lowest BCUT2D eigenvalue weighted by Crippen LogP contribution is -2.36. The second kappa shape index (κ2) is 15.2. The number of carbonyl (C=O) groups excluding carboxylic acids is 2. The van der Waals surface area contributed by atoms with Crippen molar-refractivity contribution in [3.05, 3.63) is 99.8 Å². The van der Waals surface area contributed by atoms with E-state index in [1.807, 2.05) is 18.4 Å². The molecule has 1 N–H and O–H groups in total. The highest BCUT2D eigenvalue weighted by molar-refractivity contribution is 9.10. The molecule has 264 valence electrons. The number of aromatic nitrogens is 2. The van der Waals surface area contributed by atoms with Gasteiger partial charge < -0.3 is 19.7 Å². The molecule has 5 aromatic rings. The molecule has 6 rings (SSSR count). The Morgan fingerprint density at radius 1 is 1.10 bits per heavy atom. The maximum absolute atomic E-state index is 15.6. The fourth-order valence-corrected chi connectivity index (χ4v) is 8.39. The molecular formula is C37H33BrF2N4O5S2. The highest BCUT2D eigenvalue weighted by atomic mass is 79.9. The molecule has 1 aliphatic heterocycles. The second-order valence-electron chi connectivity index (χ2n) is 12.2. The normalized spacial score (nSPS) is 14.0. The van der Waals surface area contributed by atoms with E-state index in [0.717, 1.165) is 33.4 Å². The minimum Gasteiger partial charge on any atom is -0.378 e. The summed E-state index contributed by atoms with van der Waals surface area (Å²) in [7, 11) is -3.86. The Labute approximate surface area is 306 Å². The van der Waals surface area contributed by atoms with Crippen molar-refractivity contribution >= 4 is 77.6 Å². The van der Waals surface area contributed by atoms with E-state index in [9.17, 15) is 22.4 Å². The predicted octanol–water partition coefficient (Wildman–Crippen LogP) is 7.45. The van der Waals surface area contributed by atoms with Crippen molar-refractivity contribution in [2.24, 2.45) is 0 Å². The average molecular weight is 796 g/mol. The molecule has 14 heteroatoms. The summed E-state index contributed by atoms with van der Waals surface area (Å²) in [4.78, 5) is 37.7. The number of thioether (sulfide) groups is 1. The van der Waals surface area contributed by atoms with Crippen molar-refractivity contribution in [2.75, 3.05) is 49.0 Å². The number of ether oxygens (including phenoxy) is 1. The summed E-state index contributed by atoms with van der Waals surface area (Å²) in [5.41, 5.74) is 3.15. The summed E-state index contributed by atoms with van der Waals surface area (Å²) >= 11 is 5.01. The number of anilines is 3. The first kappa shape index (κ1) is 36.5. The van der Waals surface area contributed by atoms with E-state index in [1.165, 1.54) is 30.0 Å². The molecule has 9 nitrogen and oxygen atoms in total. The van der Waals surface area contributed by atoms with Gasteiger partial charge in [-0.25, -0.2) is 22.2 Å². The Morgan fingerprint density at radius 2 is 1.86 bits per heavy atom. The number of carbonyl (C=O) groups is 2. The summed E-state index contributed by atoms with van der Waals surface area (Å²) in [6, 6.07) is 13.4. The Bertz CT molecular complexity index is 2280. The van der Waals surface area contributed by atoms with Gasteiger partial charge in [0.05, 0.1) is 70.1 Å². The molecule has 0 amide bonds. The van der Waals surface area contributed by atoms with Gasteiger partial charge in [0.15, 0.2) is 15.6 Å². The SMILES string of the molecule is CSc1ccc(C(C=O)C(=O)Cc2ccc(S(C)(=O)=O)c(-c3nc4cc(F)cc(F)c4c(Nc4cncc(N5CCOCC5)c4)c3C)c2)cc1Br. The molecule has 1 saturated heterocycles. The number of pyridine rings is 2. The van der Waals surface area contributed by atoms with E-state index in [1.54, 1.807) is 31.5 Å². The summed E-state index contributed by atoms with van der Waals surface area (Å²) in [5, 5.41) is 3.26. The van der Waals surface area contributed by atoms with Crippen LogP contribution in [-0.2, 0) is 30.6 Å². The fourth-order valence-electron chi connectivity index (χ4n) is 6.18. The Balaban J connectivity index is 1.46. The lowest BCUT2D eigenvalue weighted by molar-refractivity contribution is -0.123. The quantitative estimate of drug-likeness (QED) is 0.0821. The van der Waals surface area contributed by atoms with Crippen LogP contribution in [0.4, 0.5) is 25.8 Å². The van der Waals surface area contributed by atoms with E-state index >= 15 is 4.39 Å². The summed E-state index contributed by atoms with van der Waals surface area (Å²) in [5.74, 6) is -3.16. The molecule has 3 heterocycles. The molecular weight excluding hydrogens is 762 g/mol. The van der Waals surface area contributed by atoms with Gasteiger partial charge in [0.2, 0.25) is 0 Å². The molecule has 0 saturated carbocycles. The van der Waals surface area contributed by atoms with E-state index in [0.29, 0.717) is 55.0 Å². The number of sulfone groups is 1.